The van der Waals surface area contributed by atoms with Gasteiger partial charge in [-0.3, -0.25) is 9.59 Å². The van der Waals surface area contributed by atoms with Crippen LogP contribution in [-0.4, -0.2) is 29.5 Å². The van der Waals surface area contributed by atoms with Crippen molar-refractivity contribution in [3.05, 3.63) is 48.3 Å². The maximum absolute atomic E-state index is 12.2. The average Bonchev–Trinajstić information content (AvgIpc) is 2.97. The van der Waals surface area contributed by atoms with Gasteiger partial charge < -0.3 is 19.9 Å². The lowest BCUT2D eigenvalue weighted by atomic mass is 10.2. The Balaban J connectivity index is 1.70. The predicted molar refractivity (Wildman–Crippen MR) is 77.3 cm³/mol. The van der Waals surface area contributed by atoms with E-state index >= 15 is 0 Å². The number of methoxy groups -OCH3 is 1. The summed E-state index contributed by atoms with van der Waals surface area (Å²) in [4.78, 5) is 24.1. The molecule has 1 aliphatic rings. The summed E-state index contributed by atoms with van der Waals surface area (Å²) in [7, 11) is 1.58. The molecule has 6 nitrogen and oxygen atoms in total. The molecular weight excluding hydrogens is 270 g/mol. The number of hydrogen-bond acceptors (Lipinski definition) is 3. The van der Waals surface area contributed by atoms with E-state index < -0.39 is 6.04 Å². The Morgan fingerprint density at radius 2 is 2.10 bits per heavy atom. The fourth-order valence-corrected chi connectivity index (χ4v) is 2.31. The van der Waals surface area contributed by atoms with E-state index in [0.717, 1.165) is 5.75 Å². The van der Waals surface area contributed by atoms with Crippen LogP contribution < -0.4 is 15.4 Å². The smallest absolute Gasteiger partial charge is 0.268 e. The highest BCUT2D eigenvalue weighted by molar-refractivity contribution is 6.01. The van der Waals surface area contributed by atoms with Crippen molar-refractivity contribution < 1.29 is 14.3 Å². The van der Waals surface area contributed by atoms with Crippen LogP contribution in [0.25, 0.3) is 0 Å². The fourth-order valence-electron chi connectivity index (χ4n) is 2.31. The Hall–Kier alpha value is -2.76. The minimum atomic E-state index is -0.584. The van der Waals surface area contributed by atoms with Gasteiger partial charge in [0, 0.05) is 11.9 Å². The number of ether oxygens (including phenoxy) is 1. The zero-order valence-electron chi connectivity index (χ0n) is 11.5. The number of hydrogen-bond donors (Lipinski definition) is 2. The standard InChI is InChI=1S/C15H15N3O3/c1-21-11-6-4-10(5-7-11)16-14(19)12-9-18-8-2-3-13(18)15(20)17-12/h2-8,12H,9H2,1H3,(H,16,19)(H,17,20). The number of aromatic nitrogens is 1. The Labute approximate surface area is 121 Å². The molecule has 1 aromatic heterocycles. The molecule has 1 aromatic carbocycles. The number of anilines is 1. The molecule has 0 saturated heterocycles. The van der Waals surface area contributed by atoms with Crippen molar-refractivity contribution in [2.45, 2.75) is 12.6 Å². The fraction of sp³-hybridized carbons (Fsp3) is 0.200. The first-order valence-electron chi connectivity index (χ1n) is 6.58. The first kappa shape index (κ1) is 13.2. The first-order chi connectivity index (χ1) is 10.2. The van der Waals surface area contributed by atoms with Crippen LogP contribution in [0.1, 0.15) is 10.5 Å². The second-order valence-electron chi connectivity index (χ2n) is 4.79. The third-order valence-electron chi connectivity index (χ3n) is 3.42. The highest BCUT2D eigenvalue weighted by Gasteiger charge is 2.28. The molecule has 1 atom stereocenters. The number of amides is 2. The van der Waals surface area contributed by atoms with Crippen LogP contribution in [0.15, 0.2) is 42.6 Å². The lowest BCUT2D eigenvalue weighted by Gasteiger charge is -2.24. The highest BCUT2D eigenvalue weighted by Crippen LogP contribution is 2.16. The van der Waals surface area contributed by atoms with E-state index in [1.807, 2.05) is 0 Å². The molecule has 2 N–H and O–H groups in total. The normalized spacial score (nSPS) is 16.8. The third-order valence-corrected chi connectivity index (χ3v) is 3.42. The first-order valence-corrected chi connectivity index (χ1v) is 6.58. The van der Waals surface area contributed by atoms with Crippen molar-refractivity contribution in [1.29, 1.82) is 0 Å². The van der Waals surface area contributed by atoms with Crippen molar-refractivity contribution in [2.75, 3.05) is 12.4 Å². The second kappa shape index (κ2) is 5.32. The topological polar surface area (TPSA) is 72.4 Å². The van der Waals surface area contributed by atoms with Gasteiger partial charge in [0.1, 0.15) is 17.5 Å². The zero-order chi connectivity index (χ0) is 14.8. The summed E-state index contributed by atoms with van der Waals surface area (Å²) in [5.74, 6) is 0.241. The molecule has 0 radical (unpaired) electrons. The third kappa shape index (κ3) is 2.60. The number of carbonyl (C=O) groups is 2. The number of rotatable bonds is 3. The maximum atomic E-state index is 12.2. The quantitative estimate of drug-likeness (QED) is 0.891. The van der Waals surface area contributed by atoms with E-state index in [9.17, 15) is 9.59 Å². The monoisotopic (exact) mass is 285 g/mol. The Bertz CT molecular complexity index is 676. The molecule has 2 amide bonds. The predicted octanol–water partition coefficient (Wildman–Crippen LogP) is 1.25. The molecule has 108 valence electrons. The van der Waals surface area contributed by atoms with Gasteiger partial charge in [-0.05, 0) is 36.4 Å². The molecule has 0 bridgehead atoms. The van der Waals surface area contributed by atoms with Crippen LogP contribution >= 0.6 is 0 Å². The van der Waals surface area contributed by atoms with Crippen LogP contribution in [0.4, 0.5) is 5.69 Å². The van der Waals surface area contributed by atoms with Gasteiger partial charge in [0.05, 0.1) is 13.7 Å². The van der Waals surface area contributed by atoms with Crippen molar-refractivity contribution in [2.24, 2.45) is 0 Å². The van der Waals surface area contributed by atoms with E-state index in [2.05, 4.69) is 10.6 Å². The summed E-state index contributed by atoms with van der Waals surface area (Å²) < 4.78 is 6.84. The van der Waals surface area contributed by atoms with Crippen molar-refractivity contribution in [3.8, 4) is 5.75 Å². The van der Waals surface area contributed by atoms with E-state index in [1.165, 1.54) is 0 Å². The molecule has 2 heterocycles. The summed E-state index contributed by atoms with van der Waals surface area (Å²) in [6.45, 7) is 0.427. The average molecular weight is 285 g/mol. The maximum Gasteiger partial charge on any atom is 0.268 e. The molecule has 6 heteroatoms. The van der Waals surface area contributed by atoms with Gasteiger partial charge in [0.25, 0.3) is 5.91 Å². The van der Waals surface area contributed by atoms with Crippen LogP contribution in [0, 0.1) is 0 Å². The number of nitrogens with one attached hydrogen (secondary N) is 2. The Morgan fingerprint density at radius 3 is 2.81 bits per heavy atom. The molecule has 0 saturated carbocycles. The van der Waals surface area contributed by atoms with E-state index in [4.69, 9.17) is 4.74 Å². The van der Waals surface area contributed by atoms with Crippen LogP contribution in [0.5, 0.6) is 5.75 Å². The van der Waals surface area contributed by atoms with Crippen molar-refractivity contribution in [1.82, 2.24) is 9.88 Å². The molecule has 3 rings (SSSR count). The molecule has 0 fully saturated rings. The number of benzene rings is 1. The second-order valence-corrected chi connectivity index (χ2v) is 4.79. The molecule has 0 spiro atoms. The zero-order valence-corrected chi connectivity index (χ0v) is 11.5. The van der Waals surface area contributed by atoms with Gasteiger partial charge in [-0.25, -0.2) is 0 Å². The molecule has 0 aliphatic carbocycles. The summed E-state index contributed by atoms with van der Waals surface area (Å²) in [5.41, 5.74) is 1.23. The van der Waals surface area contributed by atoms with Crippen molar-refractivity contribution in [3.63, 3.8) is 0 Å². The van der Waals surface area contributed by atoms with Crippen LogP contribution in [0.3, 0.4) is 0 Å². The lowest BCUT2D eigenvalue weighted by Crippen LogP contribution is -2.50. The van der Waals surface area contributed by atoms with Gasteiger partial charge in [0.2, 0.25) is 5.91 Å². The Morgan fingerprint density at radius 1 is 1.33 bits per heavy atom. The number of fused-ring (bicyclic) bond motifs is 1. The summed E-state index contributed by atoms with van der Waals surface area (Å²) in [6.07, 6.45) is 1.79. The molecule has 2 aromatic rings. The Kier molecular flexibility index (Phi) is 3.35. The summed E-state index contributed by atoms with van der Waals surface area (Å²) in [5, 5.41) is 5.49. The lowest BCUT2D eigenvalue weighted by molar-refractivity contribution is -0.118. The van der Waals surface area contributed by atoms with Crippen LogP contribution in [-0.2, 0) is 11.3 Å². The van der Waals surface area contributed by atoms with Gasteiger partial charge >= 0.3 is 0 Å². The molecule has 21 heavy (non-hydrogen) atoms. The SMILES string of the molecule is COc1ccc(NC(=O)C2Cn3cccc3C(=O)N2)cc1. The minimum absolute atomic E-state index is 0.235. The van der Waals surface area contributed by atoms with Crippen LogP contribution in [0.2, 0.25) is 0 Å². The highest BCUT2D eigenvalue weighted by atomic mass is 16.5. The molecular formula is C15H15N3O3. The summed E-state index contributed by atoms with van der Waals surface area (Å²) >= 11 is 0. The van der Waals surface area contributed by atoms with E-state index in [-0.39, 0.29) is 11.8 Å². The van der Waals surface area contributed by atoms with Gasteiger partial charge in [-0.2, -0.15) is 0 Å². The number of nitrogens with zero attached hydrogens (tertiary/aromatic N) is 1. The van der Waals surface area contributed by atoms with E-state index in [1.54, 1.807) is 54.3 Å². The van der Waals surface area contributed by atoms with E-state index in [0.29, 0.717) is 17.9 Å². The molecule has 1 aliphatic heterocycles. The summed E-state index contributed by atoms with van der Waals surface area (Å²) in [6, 6.07) is 9.97. The van der Waals surface area contributed by atoms with Gasteiger partial charge in [-0.15, -0.1) is 0 Å². The van der Waals surface area contributed by atoms with Gasteiger partial charge in [-0.1, -0.05) is 0 Å². The van der Waals surface area contributed by atoms with Crippen molar-refractivity contribution >= 4 is 17.5 Å². The molecule has 1 unspecified atom stereocenters. The minimum Gasteiger partial charge on any atom is -0.497 e. The number of carbonyl (C=O) groups excluding carboxylic acids is 2. The van der Waals surface area contributed by atoms with Gasteiger partial charge in [0.15, 0.2) is 0 Å². The largest absolute Gasteiger partial charge is 0.497 e.